The van der Waals surface area contributed by atoms with Gasteiger partial charge in [-0.15, -0.1) is 11.3 Å². The average molecular weight is 774 g/mol. The van der Waals surface area contributed by atoms with Crippen LogP contribution in [0.1, 0.15) is 91.4 Å². The first-order valence-corrected chi connectivity index (χ1v) is 18.0. The minimum absolute atomic E-state index is 0.0359. The van der Waals surface area contributed by atoms with Crippen LogP contribution in [0.2, 0.25) is 0 Å². The fraction of sp³-hybridized carbons (Fsp3) is 0.500. The van der Waals surface area contributed by atoms with Gasteiger partial charge in [0.1, 0.15) is 22.1 Å². The number of aliphatic hydroxyl groups is 1. The quantitative estimate of drug-likeness (QED) is 0.112. The van der Waals surface area contributed by atoms with Crippen molar-refractivity contribution >= 4 is 29.1 Å². The number of amides is 2. The lowest BCUT2D eigenvalue weighted by molar-refractivity contribution is -0.159. The lowest BCUT2D eigenvalue weighted by Crippen LogP contribution is -2.68. The standard InChI is InChI=1S/C36H41F6N3O7S/c1-3-10-28-34(52-23-21-29(53-22-23)36(40,41)42,16-9-18-45(28)32(49)31-25(35(37,38)39)12-7-17-43-31)33(50)44(4-2)19-15-26(46)24-11-5-6-13-27(24)51-20-8-14-30(47)48/h5-7,11-13,17,21-22,26,28,46H,3-4,8-10,14-16,18-20H2,1-2H3,(H,47,48)/t26?,28-,34+/m1/s1. The van der Waals surface area contributed by atoms with Crippen LogP contribution in [0.15, 0.2) is 54.0 Å². The SMILES string of the molecule is CCC[C@H]1N(C(=O)c2ncccc2C(F)(F)F)CCC[C@@]1(Oc1csc(C(F)(F)F)c1)C(=O)N(CC)CCC(O)c1ccccc1OCCCC(=O)O. The third-order valence-electron chi connectivity index (χ3n) is 8.93. The van der Waals surface area contributed by atoms with Crippen molar-refractivity contribution in [2.24, 2.45) is 0 Å². The lowest BCUT2D eigenvalue weighted by atomic mass is 9.79. The maximum Gasteiger partial charge on any atom is 0.425 e. The Hall–Kier alpha value is -4.38. The number of carbonyl (C=O) groups excluding carboxylic acids is 2. The van der Waals surface area contributed by atoms with Gasteiger partial charge >= 0.3 is 18.3 Å². The van der Waals surface area contributed by atoms with Gasteiger partial charge in [-0.25, -0.2) is 0 Å². The molecule has 0 bridgehead atoms. The first kappa shape index (κ1) is 41.4. The summed E-state index contributed by atoms with van der Waals surface area (Å²) in [7, 11) is 0. The zero-order valence-electron chi connectivity index (χ0n) is 29.1. The Balaban J connectivity index is 1.70. The van der Waals surface area contributed by atoms with Crippen LogP contribution in [0.25, 0.3) is 0 Å². The molecule has 2 N–H and O–H groups in total. The van der Waals surface area contributed by atoms with Gasteiger partial charge in [0.25, 0.3) is 11.8 Å². The van der Waals surface area contributed by atoms with Gasteiger partial charge < -0.3 is 29.5 Å². The van der Waals surface area contributed by atoms with Crippen molar-refractivity contribution in [1.82, 2.24) is 14.8 Å². The molecule has 1 aromatic carbocycles. The summed E-state index contributed by atoms with van der Waals surface area (Å²) < 4.78 is 94.9. The van der Waals surface area contributed by atoms with E-state index in [1.54, 1.807) is 38.1 Å². The summed E-state index contributed by atoms with van der Waals surface area (Å²) in [5.41, 5.74) is -3.79. The molecule has 3 atom stereocenters. The number of aliphatic carboxylic acids is 1. The number of carboxylic acids is 1. The van der Waals surface area contributed by atoms with Crippen molar-refractivity contribution in [2.45, 2.75) is 88.9 Å². The molecule has 1 saturated heterocycles. The van der Waals surface area contributed by atoms with E-state index in [0.717, 1.165) is 34.7 Å². The molecule has 0 spiro atoms. The summed E-state index contributed by atoms with van der Waals surface area (Å²) in [5.74, 6) is -2.77. The van der Waals surface area contributed by atoms with E-state index in [4.69, 9.17) is 14.6 Å². The van der Waals surface area contributed by atoms with E-state index in [1.807, 2.05) is 0 Å². The highest BCUT2D eigenvalue weighted by atomic mass is 32.1. The summed E-state index contributed by atoms with van der Waals surface area (Å²) in [4.78, 5) is 44.9. The molecule has 1 aliphatic heterocycles. The third-order valence-corrected chi connectivity index (χ3v) is 9.88. The van der Waals surface area contributed by atoms with Crippen molar-refractivity contribution in [1.29, 1.82) is 0 Å². The number of benzene rings is 1. The monoisotopic (exact) mass is 773 g/mol. The molecule has 0 aliphatic carbocycles. The Morgan fingerprint density at radius 1 is 1.09 bits per heavy atom. The van der Waals surface area contributed by atoms with E-state index < -0.39 is 64.0 Å². The van der Waals surface area contributed by atoms with Gasteiger partial charge in [-0.3, -0.25) is 19.4 Å². The molecule has 4 rings (SSSR count). The number of pyridine rings is 1. The fourth-order valence-corrected chi connectivity index (χ4v) is 7.15. The summed E-state index contributed by atoms with van der Waals surface area (Å²) in [5, 5.41) is 21.2. The second-order valence-electron chi connectivity index (χ2n) is 12.5. The van der Waals surface area contributed by atoms with E-state index in [0.29, 0.717) is 29.1 Å². The van der Waals surface area contributed by atoms with Crippen molar-refractivity contribution in [3.05, 3.63) is 75.7 Å². The molecule has 0 radical (unpaired) electrons. The molecule has 1 unspecified atom stereocenters. The van der Waals surface area contributed by atoms with Gasteiger partial charge in [-0.2, -0.15) is 26.3 Å². The number of likely N-dealkylation sites (tertiary alicyclic amines) is 1. The number of hydrogen-bond donors (Lipinski definition) is 2. The largest absolute Gasteiger partial charge is 0.493 e. The Labute approximate surface area is 306 Å². The molecule has 0 saturated carbocycles. The lowest BCUT2D eigenvalue weighted by Gasteiger charge is -2.50. The highest BCUT2D eigenvalue weighted by Gasteiger charge is 2.56. The maximum atomic E-state index is 14.8. The van der Waals surface area contributed by atoms with Crippen LogP contribution in [0.3, 0.4) is 0 Å². The number of thiophene rings is 1. The van der Waals surface area contributed by atoms with Gasteiger partial charge in [0, 0.05) is 55.7 Å². The highest BCUT2D eigenvalue weighted by Crippen LogP contribution is 2.43. The second-order valence-corrected chi connectivity index (χ2v) is 13.4. The van der Waals surface area contributed by atoms with E-state index in [-0.39, 0.29) is 70.5 Å². The zero-order chi connectivity index (χ0) is 39.0. The van der Waals surface area contributed by atoms with Gasteiger partial charge in [-0.1, -0.05) is 31.5 Å². The van der Waals surface area contributed by atoms with E-state index >= 15 is 0 Å². The number of carboxylic acid groups (broad SMARTS) is 1. The smallest absolute Gasteiger partial charge is 0.425 e. The minimum atomic E-state index is -4.93. The van der Waals surface area contributed by atoms with Crippen LogP contribution < -0.4 is 9.47 Å². The molecule has 17 heteroatoms. The van der Waals surface area contributed by atoms with Gasteiger partial charge in [0.05, 0.1) is 24.3 Å². The highest BCUT2D eigenvalue weighted by molar-refractivity contribution is 7.10. The molecular formula is C36H41F6N3O7S. The van der Waals surface area contributed by atoms with Crippen LogP contribution in [0, 0.1) is 0 Å². The number of aliphatic hydroxyl groups excluding tert-OH is 1. The third kappa shape index (κ3) is 9.99. The van der Waals surface area contributed by atoms with Crippen molar-refractivity contribution in [3.63, 3.8) is 0 Å². The van der Waals surface area contributed by atoms with E-state index in [9.17, 15) is 45.8 Å². The predicted octanol–water partition coefficient (Wildman–Crippen LogP) is 7.62. The first-order valence-electron chi connectivity index (χ1n) is 17.1. The predicted molar refractivity (Wildman–Crippen MR) is 182 cm³/mol. The number of alkyl halides is 6. The molecule has 53 heavy (non-hydrogen) atoms. The average Bonchev–Trinajstić information content (AvgIpc) is 3.59. The Morgan fingerprint density at radius 2 is 1.83 bits per heavy atom. The molecular weight excluding hydrogens is 732 g/mol. The van der Waals surface area contributed by atoms with Crippen LogP contribution in [-0.2, 0) is 21.9 Å². The molecule has 3 aromatic rings. The van der Waals surface area contributed by atoms with E-state index in [2.05, 4.69) is 4.98 Å². The molecule has 3 heterocycles. The number of para-hydroxylation sites is 1. The van der Waals surface area contributed by atoms with Crippen LogP contribution in [0.4, 0.5) is 26.3 Å². The van der Waals surface area contributed by atoms with Gasteiger partial charge in [0.15, 0.2) is 0 Å². The molecule has 1 fully saturated rings. The number of carbonyl (C=O) groups is 3. The number of hydrogen-bond acceptors (Lipinski definition) is 8. The Kier molecular flexibility index (Phi) is 13.8. The minimum Gasteiger partial charge on any atom is -0.493 e. The van der Waals surface area contributed by atoms with Crippen LogP contribution >= 0.6 is 11.3 Å². The first-order chi connectivity index (χ1) is 25.0. The summed E-state index contributed by atoms with van der Waals surface area (Å²) in [6.45, 7) is 3.35. The second kappa shape index (κ2) is 17.6. The molecule has 2 amide bonds. The van der Waals surface area contributed by atoms with Gasteiger partial charge in [-0.05, 0) is 50.8 Å². The summed E-state index contributed by atoms with van der Waals surface area (Å²) >= 11 is 0.350. The Morgan fingerprint density at radius 3 is 2.47 bits per heavy atom. The summed E-state index contributed by atoms with van der Waals surface area (Å²) in [6.07, 6.45) is -9.31. The number of nitrogens with zero attached hydrogens (tertiary/aromatic N) is 3. The molecule has 1 aliphatic rings. The van der Waals surface area contributed by atoms with E-state index in [1.165, 1.54) is 4.90 Å². The molecule has 2 aromatic heterocycles. The van der Waals surface area contributed by atoms with Crippen molar-refractivity contribution in [2.75, 3.05) is 26.2 Å². The number of likely N-dealkylation sites (N-methyl/N-ethyl adjacent to an activating group) is 1. The zero-order valence-corrected chi connectivity index (χ0v) is 29.9. The number of halogens is 6. The number of ether oxygens (including phenoxy) is 2. The maximum absolute atomic E-state index is 14.8. The van der Waals surface area contributed by atoms with Crippen LogP contribution in [0.5, 0.6) is 11.5 Å². The summed E-state index contributed by atoms with van der Waals surface area (Å²) in [6, 6.07) is 7.87. The molecule has 10 nitrogen and oxygen atoms in total. The van der Waals surface area contributed by atoms with Crippen molar-refractivity contribution in [3.8, 4) is 11.5 Å². The number of piperidine rings is 1. The van der Waals surface area contributed by atoms with Crippen molar-refractivity contribution < 1.29 is 60.4 Å². The molecule has 290 valence electrons. The normalized spacial score (nSPS) is 18.4. The topological polar surface area (TPSA) is 130 Å². The Bertz CT molecular complexity index is 1720. The fourth-order valence-electron chi connectivity index (χ4n) is 6.47. The van der Waals surface area contributed by atoms with Crippen LogP contribution in [-0.4, -0.2) is 80.7 Å². The van der Waals surface area contributed by atoms with Gasteiger partial charge in [0.2, 0.25) is 5.60 Å². The number of rotatable bonds is 16. The number of aromatic nitrogens is 1.